The molecule has 0 aliphatic heterocycles. The molecule has 0 radical (unpaired) electrons. The SMILES string of the molecule is CC1(C)[C@@H](N)[C@@H]1CCc1ccc(F)cc1. The van der Waals surface area contributed by atoms with Crippen molar-refractivity contribution in [3.63, 3.8) is 0 Å². The number of benzene rings is 1. The van der Waals surface area contributed by atoms with Crippen LogP contribution in [0.5, 0.6) is 0 Å². The fraction of sp³-hybridized carbons (Fsp3) is 0.538. The number of hydrogen-bond acceptors (Lipinski definition) is 1. The predicted octanol–water partition coefficient (Wildman–Crippen LogP) is 2.74. The Bertz CT molecular complexity index is 342. The Morgan fingerprint density at radius 3 is 2.27 bits per heavy atom. The van der Waals surface area contributed by atoms with Crippen molar-refractivity contribution in [2.75, 3.05) is 0 Å². The third-order valence-electron chi connectivity index (χ3n) is 3.80. The van der Waals surface area contributed by atoms with E-state index in [9.17, 15) is 4.39 Å². The molecule has 2 heteroatoms. The van der Waals surface area contributed by atoms with Gasteiger partial charge in [0.15, 0.2) is 0 Å². The van der Waals surface area contributed by atoms with Crippen LogP contribution in [0.4, 0.5) is 4.39 Å². The molecule has 0 spiro atoms. The van der Waals surface area contributed by atoms with E-state index in [4.69, 9.17) is 5.73 Å². The van der Waals surface area contributed by atoms with Gasteiger partial charge in [-0.1, -0.05) is 26.0 Å². The molecule has 1 nitrogen and oxygen atoms in total. The highest BCUT2D eigenvalue weighted by molar-refractivity contribution is 5.17. The first-order valence-corrected chi connectivity index (χ1v) is 5.52. The Morgan fingerprint density at radius 1 is 1.27 bits per heavy atom. The van der Waals surface area contributed by atoms with Gasteiger partial charge < -0.3 is 5.73 Å². The van der Waals surface area contributed by atoms with E-state index in [1.54, 1.807) is 0 Å². The zero-order chi connectivity index (χ0) is 11.1. The first-order chi connectivity index (χ1) is 7.01. The number of halogens is 1. The highest BCUT2D eigenvalue weighted by Gasteiger charge is 2.54. The van der Waals surface area contributed by atoms with Gasteiger partial charge in [-0.25, -0.2) is 4.39 Å². The Kier molecular flexibility index (Phi) is 2.55. The van der Waals surface area contributed by atoms with E-state index in [0.29, 0.717) is 17.4 Å². The van der Waals surface area contributed by atoms with Crippen molar-refractivity contribution in [3.8, 4) is 0 Å². The van der Waals surface area contributed by atoms with Crippen LogP contribution in [0, 0.1) is 17.2 Å². The van der Waals surface area contributed by atoms with Crippen molar-refractivity contribution in [1.82, 2.24) is 0 Å². The minimum atomic E-state index is -0.165. The van der Waals surface area contributed by atoms with E-state index in [0.717, 1.165) is 12.8 Å². The van der Waals surface area contributed by atoms with Gasteiger partial charge in [0.05, 0.1) is 0 Å². The van der Waals surface area contributed by atoms with Gasteiger partial charge in [-0.15, -0.1) is 0 Å². The van der Waals surface area contributed by atoms with E-state index in [2.05, 4.69) is 13.8 Å². The molecule has 1 fully saturated rings. The molecule has 15 heavy (non-hydrogen) atoms. The van der Waals surface area contributed by atoms with Crippen LogP contribution in [0.1, 0.15) is 25.8 Å². The van der Waals surface area contributed by atoms with Crippen LogP contribution in [0.25, 0.3) is 0 Å². The smallest absolute Gasteiger partial charge is 0.123 e. The predicted molar refractivity (Wildman–Crippen MR) is 60.0 cm³/mol. The lowest BCUT2D eigenvalue weighted by atomic mass is 10.0. The summed E-state index contributed by atoms with van der Waals surface area (Å²) in [6.07, 6.45) is 2.11. The normalized spacial score (nSPS) is 27.7. The van der Waals surface area contributed by atoms with Gasteiger partial charge in [0.1, 0.15) is 5.82 Å². The lowest BCUT2D eigenvalue weighted by Gasteiger charge is -2.02. The fourth-order valence-electron chi connectivity index (χ4n) is 2.31. The fourth-order valence-corrected chi connectivity index (χ4v) is 2.31. The zero-order valence-electron chi connectivity index (χ0n) is 9.33. The van der Waals surface area contributed by atoms with Crippen molar-refractivity contribution in [2.45, 2.75) is 32.7 Å². The van der Waals surface area contributed by atoms with Gasteiger partial charge >= 0.3 is 0 Å². The first-order valence-electron chi connectivity index (χ1n) is 5.52. The summed E-state index contributed by atoms with van der Waals surface area (Å²) in [7, 11) is 0. The molecule has 0 heterocycles. The van der Waals surface area contributed by atoms with Crippen molar-refractivity contribution < 1.29 is 4.39 Å². The molecule has 1 aliphatic rings. The molecule has 0 saturated heterocycles. The molecule has 1 aromatic carbocycles. The molecule has 82 valence electrons. The maximum Gasteiger partial charge on any atom is 0.123 e. The van der Waals surface area contributed by atoms with Crippen molar-refractivity contribution in [2.24, 2.45) is 17.1 Å². The van der Waals surface area contributed by atoms with E-state index in [1.165, 1.54) is 17.7 Å². The molecular formula is C13H18FN. The summed E-state index contributed by atoms with van der Waals surface area (Å²) in [5, 5.41) is 0. The lowest BCUT2D eigenvalue weighted by Crippen LogP contribution is -2.06. The molecule has 0 bridgehead atoms. The molecule has 0 unspecified atom stereocenters. The van der Waals surface area contributed by atoms with Crippen LogP contribution >= 0.6 is 0 Å². The number of nitrogens with two attached hydrogens (primary N) is 1. The average molecular weight is 207 g/mol. The third-order valence-corrected chi connectivity index (χ3v) is 3.80. The van der Waals surface area contributed by atoms with Gasteiger partial charge in [-0.05, 0) is 41.9 Å². The summed E-state index contributed by atoms with van der Waals surface area (Å²) in [6.45, 7) is 4.43. The highest BCUT2D eigenvalue weighted by Crippen LogP contribution is 2.52. The molecule has 2 atom stereocenters. The standard InChI is InChI=1S/C13H18FN/c1-13(2)11(12(13)15)8-5-9-3-6-10(14)7-4-9/h3-4,6-7,11-12H,5,8,15H2,1-2H3/t11-,12-/m0/s1. The zero-order valence-corrected chi connectivity index (χ0v) is 9.33. The molecule has 2 rings (SSSR count). The van der Waals surface area contributed by atoms with Crippen molar-refractivity contribution in [1.29, 1.82) is 0 Å². The maximum atomic E-state index is 12.7. The number of rotatable bonds is 3. The largest absolute Gasteiger partial charge is 0.327 e. The van der Waals surface area contributed by atoms with Gasteiger partial charge in [0.25, 0.3) is 0 Å². The third kappa shape index (κ3) is 2.05. The Balaban J connectivity index is 1.87. The van der Waals surface area contributed by atoms with Crippen LogP contribution < -0.4 is 5.73 Å². The summed E-state index contributed by atoms with van der Waals surface area (Å²) in [5.41, 5.74) is 7.48. The van der Waals surface area contributed by atoms with Gasteiger partial charge in [0, 0.05) is 6.04 Å². The molecular weight excluding hydrogens is 189 g/mol. The van der Waals surface area contributed by atoms with Crippen LogP contribution in [-0.4, -0.2) is 6.04 Å². The van der Waals surface area contributed by atoms with Crippen LogP contribution in [0.3, 0.4) is 0 Å². The molecule has 1 aromatic rings. The topological polar surface area (TPSA) is 26.0 Å². The highest BCUT2D eigenvalue weighted by atomic mass is 19.1. The maximum absolute atomic E-state index is 12.7. The van der Waals surface area contributed by atoms with Gasteiger partial charge in [0.2, 0.25) is 0 Å². The van der Waals surface area contributed by atoms with Crippen molar-refractivity contribution >= 4 is 0 Å². The van der Waals surface area contributed by atoms with Crippen molar-refractivity contribution in [3.05, 3.63) is 35.6 Å². The van der Waals surface area contributed by atoms with E-state index in [1.807, 2.05) is 12.1 Å². The van der Waals surface area contributed by atoms with Crippen LogP contribution in [0.15, 0.2) is 24.3 Å². The van der Waals surface area contributed by atoms with Crippen LogP contribution in [-0.2, 0) is 6.42 Å². The summed E-state index contributed by atoms with van der Waals surface area (Å²) in [6, 6.07) is 7.10. The van der Waals surface area contributed by atoms with E-state index >= 15 is 0 Å². The molecule has 2 N–H and O–H groups in total. The van der Waals surface area contributed by atoms with E-state index < -0.39 is 0 Å². The van der Waals surface area contributed by atoms with E-state index in [-0.39, 0.29) is 5.82 Å². The molecule has 1 aliphatic carbocycles. The number of aryl methyl sites for hydroxylation is 1. The summed E-state index contributed by atoms with van der Waals surface area (Å²) < 4.78 is 12.7. The summed E-state index contributed by atoms with van der Waals surface area (Å²) >= 11 is 0. The van der Waals surface area contributed by atoms with Gasteiger partial charge in [-0.3, -0.25) is 0 Å². The Hall–Kier alpha value is -0.890. The monoisotopic (exact) mass is 207 g/mol. The van der Waals surface area contributed by atoms with Crippen LogP contribution in [0.2, 0.25) is 0 Å². The quantitative estimate of drug-likeness (QED) is 0.810. The lowest BCUT2D eigenvalue weighted by molar-refractivity contribution is 0.530. The summed E-state index contributed by atoms with van der Waals surface area (Å²) in [4.78, 5) is 0. The Morgan fingerprint density at radius 2 is 1.80 bits per heavy atom. The molecule has 1 saturated carbocycles. The molecule has 0 aromatic heterocycles. The van der Waals surface area contributed by atoms with Gasteiger partial charge in [-0.2, -0.15) is 0 Å². The minimum absolute atomic E-state index is 0.165. The number of hydrogen-bond donors (Lipinski definition) is 1. The second kappa shape index (κ2) is 3.60. The second-order valence-electron chi connectivity index (χ2n) is 5.12. The minimum Gasteiger partial charge on any atom is -0.327 e. The Labute approximate surface area is 90.5 Å². The summed E-state index contributed by atoms with van der Waals surface area (Å²) in [5.74, 6) is 0.463. The second-order valence-corrected chi connectivity index (χ2v) is 5.12. The average Bonchev–Trinajstić information content (AvgIpc) is 2.66. The molecule has 0 amide bonds. The first kappa shape index (κ1) is 10.6.